The van der Waals surface area contributed by atoms with Gasteiger partial charge in [-0.15, -0.1) is 0 Å². The molecule has 1 atom stereocenters. The van der Waals surface area contributed by atoms with Crippen molar-refractivity contribution in [3.63, 3.8) is 0 Å². The predicted molar refractivity (Wildman–Crippen MR) is 55.8 cm³/mol. The van der Waals surface area contributed by atoms with Crippen molar-refractivity contribution in [3.05, 3.63) is 12.4 Å². The lowest BCUT2D eigenvalue weighted by atomic mass is 10.0. The number of nitrogens with one attached hydrogen (secondary N) is 1. The first-order valence-corrected chi connectivity index (χ1v) is 4.58. The lowest BCUT2D eigenvalue weighted by Gasteiger charge is -2.21. The highest BCUT2D eigenvalue weighted by molar-refractivity contribution is 5.54. The van der Waals surface area contributed by atoms with Crippen LogP contribution in [0.1, 0.15) is 20.3 Å². The first kappa shape index (κ1) is 10.7. The van der Waals surface area contributed by atoms with E-state index >= 15 is 0 Å². The minimum atomic E-state index is -0.746. The second kappa shape index (κ2) is 4.23. The number of rotatable bonds is 4. The molecule has 0 radical (unpaired) electrons. The van der Waals surface area contributed by atoms with Gasteiger partial charge in [-0.1, -0.05) is 6.92 Å². The summed E-state index contributed by atoms with van der Waals surface area (Å²) in [7, 11) is 0. The number of hydrogen-bond acceptors (Lipinski definition) is 5. The maximum Gasteiger partial charge on any atom is 0.169 e. The minimum Gasteiger partial charge on any atom is -0.388 e. The molecule has 0 saturated heterocycles. The first-order valence-electron chi connectivity index (χ1n) is 4.58. The van der Waals surface area contributed by atoms with Crippen molar-refractivity contribution in [2.24, 2.45) is 0 Å². The maximum atomic E-state index is 9.72. The summed E-state index contributed by atoms with van der Waals surface area (Å²) in [5.74, 6) is 0.862. The van der Waals surface area contributed by atoms with Gasteiger partial charge in [-0.25, -0.2) is 9.97 Å². The number of aromatic nitrogens is 2. The van der Waals surface area contributed by atoms with Crippen LogP contribution in [0.3, 0.4) is 0 Å². The number of nitrogens with zero attached hydrogens (tertiary/aromatic N) is 2. The van der Waals surface area contributed by atoms with Crippen molar-refractivity contribution in [1.29, 1.82) is 0 Å². The molecule has 1 rings (SSSR count). The maximum absolute atomic E-state index is 9.72. The number of hydrogen-bond donors (Lipinski definition) is 3. The Balaban J connectivity index is 2.58. The monoisotopic (exact) mass is 196 g/mol. The summed E-state index contributed by atoms with van der Waals surface area (Å²) in [6.45, 7) is 4.08. The van der Waals surface area contributed by atoms with E-state index < -0.39 is 5.60 Å². The van der Waals surface area contributed by atoms with Crippen LogP contribution in [0.25, 0.3) is 0 Å². The fourth-order valence-electron chi connectivity index (χ4n) is 0.884. The summed E-state index contributed by atoms with van der Waals surface area (Å²) < 4.78 is 0. The van der Waals surface area contributed by atoms with E-state index in [0.717, 1.165) is 0 Å². The van der Waals surface area contributed by atoms with Gasteiger partial charge in [0.2, 0.25) is 0 Å². The lowest BCUT2D eigenvalue weighted by Crippen LogP contribution is -2.32. The minimum absolute atomic E-state index is 0.347. The molecular weight excluding hydrogens is 180 g/mol. The third-order valence-electron chi connectivity index (χ3n) is 2.12. The molecule has 0 aliphatic rings. The largest absolute Gasteiger partial charge is 0.388 e. The first-order chi connectivity index (χ1) is 6.55. The van der Waals surface area contributed by atoms with Crippen molar-refractivity contribution in [2.45, 2.75) is 25.9 Å². The van der Waals surface area contributed by atoms with Gasteiger partial charge in [-0.05, 0) is 13.3 Å². The molecule has 78 valence electrons. The Kier molecular flexibility index (Phi) is 3.24. The van der Waals surface area contributed by atoms with Gasteiger partial charge in [-0.2, -0.15) is 0 Å². The fraction of sp³-hybridized carbons (Fsp3) is 0.556. The molecule has 5 heteroatoms. The molecule has 0 aliphatic heterocycles. The summed E-state index contributed by atoms with van der Waals surface area (Å²) in [5, 5.41) is 12.7. The van der Waals surface area contributed by atoms with E-state index in [1.807, 2.05) is 6.92 Å². The Labute approximate surface area is 83.4 Å². The third kappa shape index (κ3) is 2.85. The van der Waals surface area contributed by atoms with Crippen LogP contribution in [-0.2, 0) is 0 Å². The highest BCUT2D eigenvalue weighted by atomic mass is 16.3. The smallest absolute Gasteiger partial charge is 0.169 e. The van der Waals surface area contributed by atoms with Crippen LogP contribution in [0.15, 0.2) is 12.4 Å². The van der Waals surface area contributed by atoms with Gasteiger partial charge in [0.1, 0.15) is 0 Å². The Bertz CT molecular complexity index is 301. The van der Waals surface area contributed by atoms with Crippen molar-refractivity contribution in [3.8, 4) is 0 Å². The number of nitrogen functional groups attached to an aromatic ring is 1. The van der Waals surface area contributed by atoms with Gasteiger partial charge in [0.15, 0.2) is 11.6 Å². The zero-order valence-electron chi connectivity index (χ0n) is 8.49. The zero-order chi connectivity index (χ0) is 10.6. The lowest BCUT2D eigenvalue weighted by molar-refractivity contribution is 0.0697. The van der Waals surface area contributed by atoms with Gasteiger partial charge in [0.25, 0.3) is 0 Å². The van der Waals surface area contributed by atoms with E-state index in [1.54, 1.807) is 13.1 Å². The molecule has 0 saturated carbocycles. The Morgan fingerprint density at radius 3 is 2.71 bits per heavy atom. The Hall–Kier alpha value is -1.36. The van der Waals surface area contributed by atoms with E-state index in [1.165, 1.54) is 6.20 Å². The average molecular weight is 196 g/mol. The molecule has 1 unspecified atom stereocenters. The van der Waals surface area contributed by atoms with Crippen LogP contribution in [0.4, 0.5) is 11.6 Å². The predicted octanol–water partition coefficient (Wildman–Crippen LogP) is 0.632. The number of aliphatic hydroxyl groups is 1. The van der Waals surface area contributed by atoms with Crippen LogP contribution in [0.5, 0.6) is 0 Å². The van der Waals surface area contributed by atoms with E-state index in [0.29, 0.717) is 24.6 Å². The molecule has 4 N–H and O–H groups in total. The van der Waals surface area contributed by atoms with Gasteiger partial charge in [-0.3, -0.25) is 0 Å². The SMILES string of the molecule is CCC(C)(O)CNc1nccnc1N. The molecule has 0 amide bonds. The van der Waals surface area contributed by atoms with Gasteiger partial charge >= 0.3 is 0 Å². The Morgan fingerprint density at radius 1 is 1.50 bits per heavy atom. The molecule has 0 aromatic carbocycles. The van der Waals surface area contributed by atoms with Crippen LogP contribution in [0.2, 0.25) is 0 Å². The summed E-state index contributed by atoms with van der Waals surface area (Å²) in [6.07, 6.45) is 3.75. The standard InChI is InChI=1S/C9H16N4O/c1-3-9(2,14)6-13-8-7(10)11-4-5-12-8/h4-5,14H,3,6H2,1-2H3,(H2,10,11)(H,12,13). The zero-order valence-corrected chi connectivity index (χ0v) is 8.49. The highest BCUT2D eigenvalue weighted by Crippen LogP contribution is 2.13. The second-order valence-electron chi connectivity index (χ2n) is 3.49. The van der Waals surface area contributed by atoms with Crippen molar-refractivity contribution in [1.82, 2.24) is 9.97 Å². The topological polar surface area (TPSA) is 84.1 Å². The van der Waals surface area contributed by atoms with Gasteiger partial charge in [0, 0.05) is 18.9 Å². The Morgan fingerprint density at radius 2 is 2.14 bits per heavy atom. The van der Waals surface area contributed by atoms with Gasteiger partial charge < -0.3 is 16.2 Å². The van der Waals surface area contributed by atoms with Crippen LogP contribution >= 0.6 is 0 Å². The summed E-state index contributed by atoms with van der Waals surface area (Å²) in [6, 6.07) is 0. The van der Waals surface area contributed by atoms with Crippen LogP contribution in [0, 0.1) is 0 Å². The summed E-state index contributed by atoms with van der Waals surface area (Å²) in [4.78, 5) is 7.88. The van der Waals surface area contributed by atoms with E-state index in [4.69, 9.17) is 5.73 Å². The molecule has 1 aromatic heterocycles. The number of anilines is 2. The molecule has 1 aromatic rings. The third-order valence-corrected chi connectivity index (χ3v) is 2.12. The normalized spacial score (nSPS) is 14.8. The molecule has 1 heterocycles. The van der Waals surface area contributed by atoms with E-state index in [-0.39, 0.29) is 0 Å². The van der Waals surface area contributed by atoms with Crippen molar-refractivity contribution in [2.75, 3.05) is 17.6 Å². The van der Waals surface area contributed by atoms with Crippen LogP contribution in [-0.4, -0.2) is 27.2 Å². The molecule has 0 aliphatic carbocycles. The van der Waals surface area contributed by atoms with Crippen LogP contribution < -0.4 is 11.1 Å². The second-order valence-corrected chi connectivity index (χ2v) is 3.49. The van der Waals surface area contributed by atoms with Gasteiger partial charge in [0.05, 0.1) is 5.60 Å². The molecule has 0 spiro atoms. The highest BCUT2D eigenvalue weighted by Gasteiger charge is 2.17. The fourth-order valence-corrected chi connectivity index (χ4v) is 0.884. The van der Waals surface area contributed by atoms with E-state index in [9.17, 15) is 5.11 Å². The number of nitrogens with two attached hydrogens (primary N) is 1. The molecule has 0 bridgehead atoms. The molecular formula is C9H16N4O. The summed E-state index contributed by atoms with van der Waals surface area (Å²) in [5.41, 5.74) is 4.83. The average Bonchev–Trinajstić information content (AvgIpc) is 2.17. The quantitative estimate of drug-likeness (QED) is 0.657. The van der Waals surface area contributed by atoms with Crippen molar-refractivity contribution >= 4 is 11.6 Å². The molecule has 5 nitrogen and oxygen atoms in total. The molecule has 0 fully saturated rings. The summed E-state index contributed by atoms with van der Waals surface area (Å²) >= 11 is 0. The van der Waals surface area contributed by atoms with E-state index in [2.05, 4.69) is 15.3 Å². The molecule has 14 heavy (non-hydrogen) atoms. The van der Waals surface area contributed by atoms with Crippen molar-refractivity contribution < 1.29 is 5.11 Å².